The van der Waals surface area contributed by atoms with E-state index in [0.717, 1.165) is 34.9 Å². The summed E-state index contributed by atoms with van der Waals surface area (Å²) >= 11 is 0. The van der Waals surface area contributed by atoms with Crippen LogP contribution in [0.2, 0.25) is 0 Å². The number of nitrogens with one attached hydrogen (secondary N) is 1. The molecule has 132 valence electrons. The lowest BCUT2D eigenvalue weighted by Crippen LogP contribution is -2.08. The normalized spacial score (nSPS) is 15.3. The lowest BCUT2D eigenvalue weighted by molar-refractivity contribution is 0.653. The van der Waals surface area contributed by atoms with E-state index in [4.69, 9.17) is 9.97 Å². The molecule has 0 atom stereocenters. The molecule has 0 amide bonds. The summed E-state index contributed by atoms with van der Waals surface area (Å²) in [5.74, 6) is 2.31. The van der Waals surface area contributed by atoms with Crippen molar-refractivity contribution in [3.05, 3.63) is 29.5 Å². The van der Waals surface area contributed by atoms with Gasteiger partial charge in [0.1, 0.15) is 11.6 Å². The van der Waals surface area contributed by atoms with Crippen molar-refractivity contribution in [1.82, 2.24) is 29.5 Å². The van der Waals surface area contributed by atoms with Crippen molar-refractivity contribution in [3.63, 3.8) is 0 Å². The van der Waals surface area contributed by atoms with E-state index >= 15 is 0 Å². The third-order valence-electron chi connectivity index (χ3n) is 5.15. The molecule has 1 N–H and O–H groups in total. The first-order chi connectivity index (χ1) is 12.2. The quantitative estimate of drug-likeness (QED) is 0.773. The smallest absolute Gasteiger partial charge is 0.163 e. The molecule has 0 aliphatic heterocycles. The molecule has 1 aliphatic carbocycles. The van der Waals surface area contributed by atoms with Crippen LogP contribution < -0.4 is 5.32 Å². The van der Waals surface area contributed by atoms with Crippen molar-refractivity contribution in [3.8, 4) is 0 Å². The molecule has 0 spiro atoms. The van der Waals surface area contributed by atoms with Gasteiger partial charge in [-0.3, -0.25) is 9.36 Å². The molecule has 7 heteroatoms. The fourth-order valence-corrected chi connectivity index (χ4v) is 3.61. The van der Waals surface area contributed by atoms with E-state index in [1.165, 1.54) is 31.2 Å². The van der Waals surface area contributed by atoms with Gasteiger partial charge in [-0.05, 0) is 26.7 Å². The van der Waals surface area contributed by atoms with Gasteiger partial charge in [0.25, 0.3) is 0 Å². The molecular formula is C18H25N7. The minimum absolute atomic E-state index is 0.476. The van der Waals surface area contributed by atoms with E-state index in [2.05, 4.69) is 28.6 Å². The van der Waals surface area contributed by atoms with Gasteiger partial charge >= 0.3 is 0 Å². The van der Waals surface area contributed by atoms with Crippen LogP contribution in [0, 0.1) is 6.92 Å². The van der Waals surface area contributed by atoms with Crippen LogP contribution in [0.15, 0.2) is 12.4 Å². The zero-order valence-electron chi connectivity index (χ0n) is 15.2. The number of hydrogen-bond donors (Lipinski definition) is 1. The summed E-state index contributed by atoms with van der Waals surface area (Å²) in [6.45, 7) is 5.73. The summed E-state index contributed by atoms with van der Waals surface area (Å²) in [4.78, 5) is 9.67. The van der Waals surface area contributed by atoms with Crippen LogP contribution in [0.5, 0.6) is 0 Å². The molecule has 7 nitrogen and oxygen atoms in total. The van der Waals surface area contributed by atoms with Gasteiger partial charge in [0, 0.05) is 37.8 Å². The van der Waals surface area contributed by atoms with Crippen molar-refractivity contribution in [2.75, 3.05) is 5.32 Å². The maximum atomic E-state index is 4.87. The second-order valence-electron chi connectivity index (χ2n) is 6.87. The van der Waals surface area contributed by atoms with Crippen molar-refractivity contribution in [1.29, 1.82) is 0 Å². The second-order valence-corrected chi connectivity index (χ2v) is 6.87. The highest BCUT2D eigenvalue weighted by Crippen LogP contribution is 2.34. The van der Waals surface area contributed by atoms with Gasteiger partial charge in [0.2, 0.25) is 0 Å². The lowest BCUT2D eigenvalue weighted by atomic mass is 10.1. The van der Waals surface area contributed by atoms with Crippen LogP contribution >= 0.6 is 0 Å². The Hall–Kier alpha value is -2.44. The van der Waals surface area contributed by atoms with E-state index in [1.807, 2.05) is 29.5 Å². The molecule has 25 heavy (non-hydrogen) atoms. The lowest BCUT2D eigenvalue weighted by Gasteiger charge is -2.12. The maximum Gasteiger partial charge on any atom is 0.163 e. The Kier molecular flexibility index (Phi) is 4.15. The molecule has 0 radical (unpaired) electrons. The van der Waals surface area contributed by atoms with Crippen molar-refractivity contribution in [2.24, 2.45) is 7.05 Å². The largest absolute Gasteiger partial charge is 0.365 e. The van der Waals surface area contributed by atoms with E-state index in [0.29, 0.717) is 12.5 Å². The monoisotopic (exact) mass is 339 g/mol. The minimum atomic E-state index is 0.476. The van der Waals surface area contributed by atoms with Crippen molar-refractivity contribution < 1.29 is 0 Å². The third-order valence-corrected chi connectivity index (χ3v) is 5.15. The van der Waals surface area contributed by atoms with Crippen LogP contribution in [0.3, 0.4) is 0 Å². The number of aryl methyl sites for hydroxylation is 3. The number of rotatable bonds is 5. The molecule has 3 aromatic heterocycles. The zero-order valence-corrected chi connectivity index (χ0v) is 15.2. The number of fused-ring (bicyclic) bond motifs is 1. The zero-order chi connectivity index (χ0) is 17.4. The fraction of sp³-hybridized carbons (Fsp3) is 0.556. The highest BCUT2D eigenvalue weighted by Gasteiger charge is 2.22. The van der Waals surface area contributed by atoms with Gasteiger partial charge in [-0.2, -0.15) is 10.2 Å². The Morgan fingerprint density at radius 2 is 2.04 bits per heavy atom. The number of hydrogen-bond acceptors (Lipinski definition) is 5. The highest BCUT2D eigenvalue weighted by atomic mass is 15.3. The van der Waals surface area contributed by atoms with Gasteiger partial charge in [-0.25, -0.2) is 9.97 Å². The molecule has 3 heterocycles. The molecule has 0 bridgehead atoms. The van der Waals surface area contributed by atoms with Gasteiger partial charge < -0.3 is 5.32 Å². The standard InChI is InChI=1S/C18H25N7/c1-4-25-11-14(12(2)23-25)9-19-17-15-10-20-24(3)18(15)22-16(21-17)13-7-5-6-8-13/h10-11,13H,4-9H2,1-3H3,(H,19,21,22). The van der Waals surface area contributed by atoms with Crippen molar-refractivity contribution in [2.45, 2.75) is 58.5 Å². The van der Waals surface area contributed by atoms with E-state index in [1.54, 1.807) is 0 Å². The van der Waals surface area contributed by atoms with E-state index < -0.39 is 0 Å². The van der Waals surface area contributed by atoms with Crippen molar-refractivity contribution >= 4 is 16.9 Å². The van der Waals surface area contributed by atoms with Gasteiger partial charge in [-0.1, -0.05) is 12.8 Å². The SMILES string of the molecule is CCn1cc(CNc2nc(C3CCCC3)nc3c2cnn3C)c(C)n1. The van der Waals surface area contributed by atoms with Crippen LogP contribution in [0.25, 0.3) is 11.0 Å². The predicted octanol–water partition coefficient (Wildman–Crippen LogP) is 3.16. The molecule has 4 rings (SSSR count). The third kappa shape index (κ3) is 2.99. The molecule has 3 aromatic rings. The molecule has 1 aliphatic rings. The van der Waals surface area contributed by atoms with Crippen LogP contribution in [0.4, 0.5) is 5.82 Å². The average Bonchev–Trinajstić information content (AvgIpc) is 3.34. The van der Waals surface area contributed by atoms with Crippen LogP contribution in [0.1, 0.15) is 55.6 Å². The Morgan fingerprint density at radius 1 is 1.24 bits per heavy atom. The summed E-state index contributed by atoms with van der Waals surface area (Å²) in [6, 6.07) is 0. The number of anilines is 1. The summed E-state index contributed by atoms with van der Waals surface area (Å²) in [5.41, 5.74) is 3.15. The Morgan fingerprint density at radius 3 is 2.76 bits per heavy atom. The molecule has 1 fully saturated rings. The molecule has 0 saturated heterocycles. The summed E-state index contributed by atoms with van der Waals surface area (Å²) in [7, 11) is 1.94. The number of aromatic nitrogens is 6. The first-order valence-corrected chi connectivity index (χ1v) is 9.12. The van der Waals surface area contributed by atoms with Gasteiger partial charge in [0.15, 0.2) is 5.65 Å². The Labute approximate surface area is 147 Å². The highest BCUT2D eigenvalue weighted by molar-refractivity contribution is 5.86. The van der Waals surface area contributed by atoms with Crippen LogP contribution in [-0.4, -0.2) is 29.5 Å². The summed E-state index contributed by atoms with van der Waals surface area (Å²) < 4.78 is 3.80. The Balaban J connectivity index is 1.66. The minimum Gasteiger partial charge on any atom is -0.365 e. The second kappa shape index (κ2) is 6.46. The van der Waals surface area contributed by atoms with Crippen LogP contribution in [-0.2, 0) is 20.1 Å². The fourth-order valence-electron chi connectivity index (χ4n) is 3.61. The first kappa shape index (κ1) is 16.1. The maximum absolute atomic E-state index is 4.87. The predicted molar refractivity (Wildman–Crippen MR) is 97.5 cm³/mol. The topological polar surface area (TPSA) is 73.5 Å². The number of nitrogens with zero attached hydrogens (tertiary/aromatic N) is 6. The summed E-state index contributed by atoms with van der Waals surface area (Å²) in [6.07, 6.45) is 8.86. The van der Waals surface area contributed by atoms with E-state index in [-0.39, 0.29) is 0 Å². The Bertz CT molecular complexity index is 886. The molecule has 0 unspecified atom stereocenters. The molecule has 1 saturated carbocycles. The molecular weight excluding hydrogens is 314 g/mol. The first-order valence-electron chi connectivity index (χ1n) is 9.12. The average molecular weight is 339 g/mol. The summed E-state index contributed by atoms with van der Waals surface area (Å²) in [5, 5.41) is 13.4. The van der Waals surface area contributed by atoms with E-state index in [9.17, 15) is 0 Å². The molecule has 0 aromatic carbocycles. The van der Waals surface area contributed by atoms with Gasteiger partial charge in [-0.15, -0.1) is 0 Å². The van der Waals surface area contributed by atoms with Gasteiger partial charge in [0.05, 0.1) is 17.3 Å².